The van der Waals surface area contributed by atoms with Crippen LogP contribution in [0.2, 0.25) is 0 Å². The van der Waals surface area contributed by atoms with Gasteiger partial charge in [-0.1, -0.05) is 0 Å². The Morgan fingerprint density at radius 2 is 2.23 bits per heavy atom. The first kappa shape index (κ1) is 9.71. The lowest BCUT2D eigenvalue weighted by atomic mass is 10.2. The topological polar surface area (TPSA) is 42.0 Å². The number of hydrogen-bond acceptors (Lipinski definition) is 2. The molecule has 3 heteroatoms. The minimum absolute atomic E-state index is 0.0412. The lowest BCUT2D eigenvalue weighted by Gasteiger charge is -2.07. The summed E-state index contributed by atoms with van der Waals surface area (Å²) in [6, 6.07) is 3.66. The van der Waals surface area contributed by atoms with E-state index in [4.69, 9.17) is 0 Å². The number of carbonyl (C=O) groups is 1. The number of carbonyl (C=O) groups excluding carboxylic acids is 1. The molecule has 0 atom stereocenters. The number of rotatable bonds is 2. The molecule has 1 N–H and O–H groups in total. The van der Waals surface area contributed by atoms with Crippen molar-refractivity contribution < 1.29 is 4.79 Å². The molecule has 1 amide bonds. The number of aromatic nitrogens is 1. The van der Waals surface area contributed by atoms with E-state index in [1.807, 2.05) is 20.8 Å². The number of amides is 1. The van der Waals surface area contributed by atoms with Crippen molar-refractivity contribution in [2.24, 2.45) is 0 Å². The first-order chi connectivity index (χ1) is 6.09. The maximum Gasteiger partial charge on any atom is 0.251 e. The molecule has 0 saturated heterocycles. The molecule has 0 radical (unpaired) electrons. The zero-order valence-electron chi connectivity index (χ0n) is 8.16. The van der Waals surface area contributed by atoms with Gasteiger partial charge in [0.15, 0.2) is 0 Å². The summed E-state index contributed by atoms with van der Waals surface area (Å²) in [5.74, 6) is -0.0412. The second-order valence-corrected chi connectivity index (χ2v) is 3.31. The van der Waals surface area contributed by atoms with Crippen LogP contribution < -0.4 is 5.32 Å². The normalized spacial score (nSPS) is 10.2. The Hall–Kier alpha value is -1.38. The number of hydrogen-bond donors (Lipinski definition) is 1. The third-order valence-electron chi connectivity index (χ3n) is 1.58. The summed E-state index contributed by atoms with van der Waals surface area (Å²) in [5.41, 5.74) is 1.53. The predicted octanol–water partition coefficient (Wildman–Crippen LogP) is 1.53. The van der Waals surface area contributed by atoms with Crippen molar-refractivity contribution >= 4 is 5.91 Å². The molecular weight excluding hydrogens is 164 g/mol. The Bertz CT molecular complexity index is 308. The highest BCUT2D eigenvalue weighted by Crippen LogP contribution is 2.00. The van der Waals surface area contributed by atoms with Gasteiger partial charge in [0.1, 0.15) is 0 Å². The van der Waals surface area contributed by atoms with Crippen LogP contribution in [0, 0.1) is 6.92 Å². The van der Waals surface area contributed by atoms with E-state index < -0.39 is 0 Å². The average Bonchev–Trinajstić information content (AvgIpc) is 2.03. The van der Waals surface area contributed by atoms with Crippen molar-refractivity contribution in [3.8, 4) is 0 Å². The molecular formula is C10H14N2O. The van der Waals surface area contributed by atoms with E-state index in [0.29, 0.717) is 5.56 Å². The Kier molecular flexibility index (Phi) is 3.01. The van der Waals surface area contributed by atoms with Crippen LogP contribution in [0.4, 0.5) is 0 Å². The monoisotopic (exact) mass is 178 g/mol. The van der Waals surface area contributed by atoms with Gasteiger partial charge >= 0.3 is 0 Å². The van der Waals surface area contributed by atoms with E-state index in [0.717, 1.165) is 5.69 Å². The fourth-order valence-corrected chi connectivity index (χ4v) is 1.03. The summed E-state index contributed by atoms with van der Waals surface area (Å²) < 4.78 is 0. The highest BCUT2D eigenvalue weighted by molar-refractivity contribution is 5.94. The SMILES string of the molecule is Cc1cc(C(=O)NC(C)C)ccn1. The zero-order chi connectivity index (χ0) is 9.84. The van der Waals surface area contributed by atoms with Gasteiger partial charge in [-0.05, 0) is 32.9 Å². The lowest BCUT2D eigenvalue weighted by Crippen LogP contribution is -2.30. The standard InChI is InChI=1S/C10H14N2O/c1-7(2)12-10(13)9-4-5-11-8(3)6-9/h4-7H,1-3H3,(H,12,13). The third-order valence-corrected chi connectivity index (χ3v) is 1.58. The first-order valence-corrected chi connectivity index (χ1v) is 4.33. The Morgan fingerprint density at radius 3 is 2.77 bits per heavy atom. The van der Waals surface area contributed by atoms with E-state index in [1.54, 1.807) is 18.3 Å². The maximum atomic E-state index is 11.5. The molecule has 70 valence electrons. The van der Waals surface area contributed by atoms with Gasteiger partial charge in [-0.2, -0.15) is 0 Å². The molecule has 0 fully saturated rings. The van der Waals surface area contributed by atoms with E-state index in [-0.39, 0.29) is 11.9 Å². The summed E-state index contributed by atoms with van der Waals surface area (Å²) in [5, 5.41) is 2.82. The summed E-state index contributed by atoms with van der Waals surface area (Å²) in [6.07, 6.45) is 1.64. The average molecular weight is 178 g/mol. The summed E-state index contributed by atoms with van der Waals surface area (Å²) in [7, 11) is 0. The quantitative estimate of drug-likeness (QED) is 0.746. The Labute approximate surface area is 78.2 Å². The van der Waals surface area contributed by atoms with Crippen molar-refractivity contribution in [3.63, 3.8) is 0 Å². The van der Waals surface area contributed by atoms with Crippen molar-refractivity contribution in [2.75, 3.05) is 0 Å². The molecule has 13 heavy (non-hydrogen) atoms. The van der Waals surface area contributed by atoms with Crippen LogP contribution in [0.1, 0.15) is 29.9 Å². The molecule has 1 heterocycles. The van der Waals surface area contributed by atoms with Gasteiger partial charge in [0.2, 0.25) is 0 Å². The number of aryl methyl sites for hydroxylation is 1. The highest BCUT2D eigenvalue weighted by atomic mass is 16.1. The van der Waals surface area contributed by atoms with Crippen molar-refractivity contribution in [3.05, 3.63) is 29.6 Å². The number of pyridine rings is 1. The molecule has 0 saturated carbocycles. The first-order valence-electron chi connectivity index (χ1n) is 4.33. The molecule has 1 aromatic heterocycles. The fourth-order valence-electron chi connectivity index (χ4n) is 1.03. The van der Waals surface area contributed by atoms with Crippen LogP contribution in [0.25, 0.3) is 0 Å². The Morgan fingerprint density at radius 1 is 1.54 bits per heavy atom. The van der Waals surface area contributed by atoms with Crippen molar-refractivity contribution in [2.45, 2.75) is 26.8 Å². The van der Waals surface area contributed by atoms with Gasteiger partial charge in [0, 0.05) is 23.5 Å². The van der Waals surface area contributed by atoms with Gasteiger partial charge in [-0.25, -0.2) is 0 Å². The van der Waals surface area contributed by atoms with Gasteiger partial charge in [0.25, 0.3) is 5.91 Å². The van der Waals surface area contributed by atoms with Crippen LogP contribution in [0.5, 0.6) is 0 Å². The molecule has 0 aromatic carbocycles. The molecule has 0 aliphatic heterocycles. The van der Waals surface area contributed by atoms with E-state index >= 15 is 0 Å². The molecule has 1 aromatic rings. The van der Waals surface area contributed by atoms with E-state index in [9.17, 15) is 4.79 Å². The van der Waals surface area contributed by atoms with Gasteiger partial charge < -0.3 is 5.32 Å². The summed E-state index contributed by atoms with van der Waals surface area (Å²) in [4.78, 5) is 15.5. The number of nitrogens with one attached hydrogen (secondary N) is 1. The molecule has 0 spiro atoms. The van der Waals surface area contributed by atoms with Gasteiger partial charge in [0.05, 0.1) is 0 Å². The molecule has 0 aliphatic rings. The zero-order valence-corrected chi connectivity index (χ0v) is 8.16. The summed E-state index contributed by atoms with van der Waals surface area (Å²) >= 11 is 0. The summed E-state index contributed by atoms with van der Waals surface area (Å²) in [6.45, 7) is 5.74. The third kappa shape index (κ3) is 2.86. The molecule has 0 unspecified atom stereocenters. The molecule has 1 rings (SSSR count). The van der Waals surface area contributed by atoms with Crippen LogP contribution in [-0.4, -0.2) is 16.9 Å². The van der Waals surface area contributed by atoms with Crippen molar-refractivity contribution in [1.82, 2.24) is 10.3 Å². The fraction of sp³-hybridized carbons (Fsp3) is 0.400. The second kappa shape index (κ2) is 4.03. The minimum Gasteiger partial charge on any atom is -0.350 e. The molecule has 3 nitrogen and oxygen atoms in total. The molecule has 0 aliphatic carbocycles. The van der Waals surface area contributed by atoms with Crippen molar-refractivity contribution in [1.29, 1.82) is 0 Å². The van der Waals surface area contributed by atoms with Gasteiger partial charge in [-0.15, -0.1) is 0 Å². The predicted molar refractivity (Wildman–Crippen MR) is 51.6 cm³/mol. The second-order valence-electron chi connectivity index (χ2n) is 3.31. The highest BCUT2D eigenvalue weighted by Gasteiger charge is 2.05. The largest absolute Gasteiger partial charge is 0.350 e. The van der Waals surface area contributed by atoms with Crippen LogP contribution >= 0.6 is 0 Å². The van der Waals surface area contributed by atoms with Crippen LogP contribution in [0.15, 0.2) is 18.3 Å². The van der Waals surface area contributed by atoms with E-state index in [2.05, 4.69) is 10.3 Å². The maximum absolute atomic E-state index is 11.5. The minimum atomic E-state index is -0.0412. The smallest absolute Gasteiger partial charge is 0.251 e. The molecule has 0 bridgehead atoms. The van der Waals surface area contributed by atoms with Crippen LogP contribution in [-0.2, 0) is 0 Å². The van der Waals surface area contributed by atoms with Gasteiger partial charge in [-0.3, -0.25) is 9.78 Å². The Balaban J connectivity index is 2.77. The van der Waals surface area contributed by atoms with Crippen LogP contribution in [0.3, 0.4) is 0 Å². The van der Waals surface area contributed by atoms with E-state index in [1.165, 1.54) is 0 Å². The number of nitrogens with zero attached hydrogens (tertiary/aromatic N) is 1. The lowest BCUT2D eigenvalue weighted by molar-refractivity contribution is 0.0943.